The topological polar surface area (TPSA) is 78.4 Å². The van der Waals surface area contributed by atoms with Crippen molar-refractivity contribution in [2.75, 3.05) is 13.1 Å². The van der Waals surface area contributed by atoms with Crippen LogP contribution in [0.5, 0.6) is 0 Å². The van der Waals surface area contributed by atoms with E-state index in [1.165, 1.54) is 24.3 Å². The van der Waals surface area contributed by atoms with E-state index in [9.17, 15) is 19.1 Å². The van der Waals surface area contributed by atoms with E-state index in [2.05, 4.69) is 10.6 Å². The van der Waals surface area contributed by atoms with Gasteiger partial charge in [0.1, 0.15) is 5.82 Å². The third-order valence-electron chi connectivity index (χ3n) is 4.11. The van der Waals surface area contributed by atoms with Crippen LogP contribution in [0.1, 0.15) is 48.9 Å². The minimum Gasteiger partial charge on any atom is -0.389 e. The van der Waals surface area contributed by atoms with Crippen LogP contribution in [-0.2, 0) is 4.79 Å². The molecular weight excluding hydrogens is 299 g/mol. The average molecular weight is 322 g/mol. The summed E-state index contributed by atoms with van der Waals surface area (Å²) in [6.45, 7) is 0.572. The van der Waals surface area contributed by atoms with E-state index < -0.39 is 11.4 Å². The summed E-state index contributed by atoms with van der Waals surface area (Å²) in [6, 6.07) is 5.26. The number of hydrogen-bond acceptors (Lipinski definition) is 3. The fourth-order valence-corrected chi connectivity index (χ4v) is 2.83. The van der Waals surface area contributed by atoms with Gasteiger partial charge >= 0.3 is 0 Å². The van der Waals surface area contributed by atoms with Gasteiger partial charge in [0, 0.05) is 18.7 Å². The van der Waals surface area contributed by atoms with Crippen molar-refractivity contribution in [3.63, 3.8) is 0 Å². The second kappa shape index (κ2) is 8.06. The first-order chi connectivity index (χ1) is 11.0. The zero-order chi connectivity index (χ0) is 16.7. The van der Waals surface area contributed by atoms with E-state index in [-0.39, 0.29) is 24.8 Å². The largest absolute Gasteiger partial charge is 0.389 e. The molecule has 0 unspecified atom stereocenters. The Morgan fingerprint density at radius 2 is 1.65 bits per heavy atom. The molecule has 1 saturated carbocycles. The van der Waals surface area contributed by atoms with Gasteiger partial charge in [-0.2, -0.15) is 0 Å². The second-order valence-electron chi connectivity index (χ2n) is 6.07. The van der Waals surface area contributed by atoms with E-state index in [1.54, 1.807) is 0 Å². The molecule has 1 aliphatic carbocycles. The number of benzene rings is 1. The summed E-state index contributed by atoms with van der Waals surface area (Å²) >= 11 is 0. The molecule has 5 nitrogen and oxygen atoms in total. The molecule has 6 heteroatoms. The lowest BCUT2D eigenvalue weighted by Gasteiger charge is -2.31. The van der Waals surface area contributed by atoms with E-state index in [0.717, 1.165) is 19.3 Å². The first-order valence-electron chi connectivity index (χ1n) is 8.01. The third-order valence-corrected chi connectivity index (χ3v) is 4.11. The Hall–Kier alpha value is -1.95. The minimum absolute atomic E-state index is 0.110. The molecule has 0 bridgehead atoms. The molecule has 2 amide bonds. The highest BCUT2D eigenvalue weighted by Crippen LogP contribution is 2.30. The molecule has 126 valence electrons. The monoisotopic (exact) mass is 322 g/mol. The standard InChI is InChI=1S/C17H23FN2O3/c18-14-6-4-13(5-7-14)16(22)20-11-10-19-15(21)12-17(23)8-2-1-3-9-17/h4-7,23H,1-3,8-12H2,(H,19,21)(H,20,22). The molecule has 1 aliphatic rings. The normalized spacial score (nSPS) is 16.6. The highest BCUT2D eigenvalue weighted by Gasteiger charge is 2.31. The molecular formula is C17H23FN2O3. The maximum atomic E-state index is 12.8. The van der Waals surface area contributed by atoms with Crippen molar-refractivity contribution in [3.8, 4) is 0 Å². The lowest BCUT2D eigenvalue weighted by atomic mass is 9.82. The van der Waals surface area contributed by atoms with Gasteiger partial charge in [-0.1, -0.05) is 19.3 Å². The molecule has 1 fully saturated rings. The predicted molar refractivity (Wildman–Crippen MR) is 84.4 cm³/mol. The minimum atomic E-state index is -0.875. The van der Waals surface area contributed by atoms with Gasteiger partial charge in [0.05, 0.1) is 12.0 Å². The SMILES string of the molecule is O=C(CC1(O)CCCCC1)NCCNC(=O)c1ccc(F)cc1. The Morgan fingerprint density at radius 3 is 2.30 bits per heavy atom. The summed E-state index contributed by atoms with van der Waals surface area (Å²) in [5.41, 5.74) is -0.506. The maximum Gasteiger partial charge on any atom is 0.251 e. The number of aliphatic hydroxyl groups is 1. The van der Waals surface area contributed by atoms with Gasteiger partial charge in [-0.05, 0) is 37.1 Å². The Bertz CT molecular complexity index is 539. The molecule has 0 radical (unpaired) electrons. The Balaban J connectivity index is 1.65. The number of rotatable bonds is 6. The lowest BCUT2D eigenvalue weighted by molar-refractivity contribution is -0.127. The highest BCUT2D eigenvalue weighted by molar-refractivity contribution is 5.94. The van der Waals surface area contributed by atoms with Crippen LogP contribution in [0.15, 0.2) is 24.3 Å². The summed E-state index contributed by atoms with van der Waals surface area (Å²) in [4.78, 5) is 23.6. The Morgan fingerprint density at radius 1 is 1.04 bits per heavy atom. The second-order valence-corrected chi connectivity index (χ2v) is 6.07. The van der Waals surface area contributed by atoms with Crippen LogP contribution < -0.4 is 10.6 Å². The molecule has 0 atom stereocenters. The van der Waals surface area contributed by atoms with Crippen molar-refractivity contribution < 1.29 is 19.1 Å². The van der Waals surface area contributed by atoms with Gasteiger partial charge < -0.3 is 15.7 Å². The van der Waals surface area contributed by atoms with Gasteiger partial charge in [0.2, 0.25) is 5.91 Å². The zero-order valence-corrected chi connectivity index (χ0v) is 13.1. The first-order valence-corrected chi connectivity index (χ1v) is 8.01. The predicted octanol–water partition coefficient (Wildman–Crippen LogP) is 1.76. The summed E-state index contributed by atoms with van der Waals surface area (Å²) in [7, 11) is 0. The molecule has 2 rings (SSSR count). The van der Waals surface area contributed by atoms with Crippen molar-refractivity contribution in [1.82, 2.24) is 10.6 Å². The third kappa shape index (κ3) is 5.63. The van der Waals surface area contributed by atoms with E-state index in [4.69, 9.17) is 0 Å². The number of halogens is 1. The van der Waals surface area contributed by atoms with E-state index >= 15 is 0 Å². The van der Waals surface area contributed by atoms with Crippen LogP contribution in [0.2, 0.25) is 0 Å². The van der Waals surface area contributed by atoms with Gasteiger partial charge in [-0.15, -0.1) is 0 Å². The lowest BCUT2D eigenvalue weighted by Crippen LogP contribution is -2.40. The maximum absolute atomic E-state index is 12.8. The van der Waals surface area contributed by atoms with Crippen LogP contribution >= 0.6 is 0 Å². The van der Waals surface area contributed by atoms with E-state index in [0.29, 0.717) is 24.9 Å². The van der Waals surface area contributed by atoms with Crippen molar-refractivity contribution in [2.24, 2.45) is 0 Å². The van der Waals surface area contributed by atoms with Gasteiger partial charge in [0.15, 0.2) is 0 Å². The van der Waals surface area contributed by atoms with Crippen LogP contribution in [-0.4, -0.2) is 35.6 Å². The van der Waals surface area contributed by atoms with Crippen LogP contribution in [0.25, 0.3) is 0 Å². The fraction of sp³-hybridized carbons (Fsp3) is 0.529. The molecule has 0 heterocycles. The number of carbonyl (C=O) groups excluding carboxylic acids is 2. The number of nitrogens with one attached hydrogen (secondary N) is 2. The van der Waals surface area contributed by atoms with E-state index in [1.807, 2.05) is 0 Å². The Kier molecular flexibility index (Phi) is 6.10. The van der Waals surface area contributed by atoms with Crippen molar-refractivity contribution in [2.45, 2.75) is 44.1 Å². The molecule has 0 saturated heterocycles. The molecule has 1 aromatic carbocycles. The highest BCUT2D eigenvalue weighted by atomic mass is 19.1. The van der Waals surface area contributed by atoms with Gasteiger partial charge in [-0.25, -0.2) is 4.39 Å². The number of hydrogen-bond donors (Lipinski definition) is 3. The summed E-state index contributed by atoms with van der Waals surface area (Å²) in [6.07, 6.45) is 4.47. The van der Waals surface area contributed by atoms with Crippen molar-refractivity contribution >= 4 is 11.8 Å². The molecule has 23 heavy (non-hydrogen) atoms. The summed E-state index contributed by atoms with van der Waals surface area (Å²) in [5.74, 6) is -0.912. The smallest absolute Gasteiger partial charge is 0.251 e. The average Bonchev–Trinajstić information content (AvgIpc) is 2.52. The molecule has 3 N–H and O–H groups in total. The fourth-order valence-electron chi connectivity index (χ4n) is 2.83. The van der Waals surface area contributed by atoms with Crippen LogP contribution in [0.3, 0.4) is 0 Å². The molecule has 0 spiro atoms. The van der Waals surface area contributed by atoms with Gasteiger partial charge in [-0.3, -0.25) is 9.59 Å². The summed E-state index contributed by atoms with van der Waals surface area (Å²) < 4.78 is 12.8. The quantitative estimate of drug-likeness (QED) is 0.698. The van der Waals surface area contributed by atoms with Crippen molar-refractivity contribution in [1.29, 1.82) is 0 Å². The molecule has 1 aromatic rings. The first kappa shape index (κ1) is 17.4. The zero-order valence-electron chi connectivity index (χ0n) is 13.1. The van der Waals surface area contributed by atoms with Crippen LogP contribution in [0, 0.1) is 5.82 Å². The van der Waals surface area contributed by atoms with Crippen LogP contribution in [0.4, 0.5) is 4.39 Å². The van der Waals surface area contributed by atoms with Gasteiger partial charge in [0.25, 0.3) is 5.91 Å². The summed E-state index contributed by atoms with van der Waals surface area (Å²) in [5, 5.41) is 15.6. The Labute approximate surface area is 135 Å². The molecule has 0 aromatic heterocycles. The molecule has 0 aliphatic heterocycles. The van der Waals surface area contributed by atoms with Crippen molar-refractivity contribution in [3.05, 3.63) is 35.6 Å². The number of amides is 2. The number of carbonyl (C=O) groups is 2.